The second kappa shape index (κ2) is 8.77. The van der Waals surface area contributed by atoms with Gasteiger partial charge in [-0.1, -0.05) is 23.4 Å². The van der Waals surface area contributed by atoms with Crippen LogP contribution in [0.4, 0.5) is 0 Å². The van der Waals surface area contributed by atoms with Gasteiger partial charge in [-0.3, -0.25) is 14.5 Å². The van der Waals surface area contributed by atoms with Crippen LogP contribution in [0.5, 0.6) is 5.75 Å². The fraction of sp³-hybridized carbons (Fsp3) is 0.346. The maximum atomic E-state index is 11.6. The van der Waals surface area contributed by atoms with Gasteiger partial charge < -0.3 is 19.5 Å². The number of hydrogen-bond donors (Lipinski definition) is 2. The standard InChI is InChI=1S/C26H24N4O6/c1-14(2)35-21-9-6-15(10-16(21)11-27)23-28-22(29-36-23)19-5-3-4-18-17(19)7-8-20(18)30-12-26(13-30,24(31)32)25(33)34/h3-6,9-10,14,20H,7-8,12-13H2,1-2H3,(H,31,32)(H,33,34). The molecule has 1 aliphatic heterocycles. The summed E-state index contributed by atoms with van der Waals surface area (Å²) in [5.41, 5.74) is 2.10. The molecule has 0 radical (unpaired) electrons. The molecule has 0 saturated carbocycles. The fourth-order valence-corrected chi connectivity index (χ4v) is 5.01. The molecule has 184 valence electrons. The largest absolute Gasteiger partial charge is 0.490 e. The lowest BCUT2D eigenvalue weighted by Crippen LogP contribution is -2.64. The minimum Gasteiger partial charge on any atom is -0.490 e. The smallest absolute Gasteiger partial charge is 0.323 e. The Bertz CT molecular complexity index is 1380. The number of likely N-dealkylation sites (tertiary alicyclic amines) is 1. The number of nitrogens with zero attached hydrogens (tertiary/aromatic N) is 4. The molecule has 36 heavy (non-hydrogen) atoms. The second-order valence-electron chi connectivity index (χ2n) is 9.44. The van der Waals surface area contributed by atoms with Gasteiger partial charge in [-0.2, -0.15) is 10.2 Å². The molecule has 5 rings (SSSR count). The molecule has 1 aliphatic carbocycles. The molecule has 1 atom stereocenters. The molecular formula is C26H24N4O6. The van der Waals surface area contributed by atoms with Crippen molar-refractivity contribution in [1.29, 1.82) is 5.26 Å². The lowest BCUT2D eigenvalue weighted by molar-refractivity contribution is -0.180. The summed E-state index contributed by atoms with van der Waals surface area (Å²) in [4.78, 5) is 29.6. The van der Waals surface area contributed by atoms with Crippen molar-refractivity contribution in [3.05, 3.63) is 53.1 Å². The molecule has 2 aliphatic rings. The van der Waals surface area contributed by atoms with E-state index in [0.717, 1.165) is 29.5 Å². The van der Waals surface area contributed by atoms with Crippen molar-refractivity contribution < 1.29 is 29.1 Å². The normalized spacial score (nSPS) is 18.3. The summed E-state index contributed by atoms with van der Waals surface area (Å²) in [6, 6.07) is 13.0. The average molecular weight is 489 g/mol. The van der Waals surface area contributed by atoms with Crippen LogP contribution in [0, 0.1) is 16.7 Å². The molecule has 1 saturated heterocycles. The van der Waals surface area contributed by atoms with E-state index < -0.39 is 17.4 Å². The predicted molar refractivity (Wildman–Crippen MR) is 126 cm³/mol. The minimum absolute atomic E-state index is 0.0316. The quantitative estimate of drug-likeness (QED) is 0.473. The van der Waals surface area contributed by atoms with Crippen LogP contribution in [-0.4, -0.2) is 56.4 Å². The summed E-state index contributed by atoms with van der Waals surface area (Å²) in [7, 11) is 0. The molecule has 0 spiro atoms. The first kappa shape index (κ1) is 23.5. The molecule has 1 aromatic heterocycles. The van der Waals surface area contributed by atoms with E-state index in [1.165, 1.54) is 0 Å². The number of nitriles is 1. The lowest BCUT2D eigenvalue weighted by Gasteiger charge is -2.47. The molecule has 1 unspecified atom stereocenters. The number of rotatable bonds is 7. The number of benzene rings is 2. The summed E-state index contributed by atoms with van der Waals surface area (Å²) in [6.07, 6.45) is 1.40. The Morgan fingerprint density at radius 1 is 1.22 bits per heavy atom. The van der Waals surface area contributed by atoms with E-state index in [1.54, 1.807) is 18.2 Å². The SMILES string of the molecule is CC(C)Oc1ccc(-c2nc(-c3cccc4c3CCC4N3CC(C(=O)O)(C(=O)O)C3)no2)cc1C#N. The molecule has 0 bridgehead atoms. The van der Waals surface area contributed by atoms with Crippen molar-refractivity contribution >= 4 is 11.9 Å². The number of fused-ring (bicyclic) bond motifs is 1. The zero-order valence-corrected chi connectivity index (χ0v) is 19.8. The number of aliphatic carboxylic acids is 2. The van der Waals surface area contributed by atoms with Crippen LogP contribution in [0.15, 0.2) is 40.9 Å². The van der Waals surface area contributed by atoms with E-state index in [9.17, 15) is 25.1 Å². The third kappa shape index (κ3) is 3.78. The van der Waals surface area contributed by atoms with Gasteiger partial charge >= 0.3 is 11.9 Å². The Labute approximate surface area is 206 Å². The molecule has 2 N–H and O–H groups in total. The van der Waals surface area contributed by atoms with Gasteiger partial charge in [0.1, 0.15) is 11.8 Å². The highest BCUT2D eigenvalue weighted by Crippen LogP contribution is 2.45. The Morgan fingerprint density at radius 3 is 2.64 bits per heavy atom. The zero-order chi connectivity index (χ0) is 25.6. The van der Waals surface area contributed by atoms with Crippen molar-refractivity contribution in [2.24, 2.45) is 5.41 Å². The molecule has 1 fully saturated rings. The highest BCUT2D eigenvalue weighted by atomic mass is 16.5. The van der Waals surface area contributed by atoms with Crippen molar-refractivity contribution in [1.82, 2.24) is 15.0 Å². The number of carboxylic acid groups (broad SMARTS) is 2. The maximum Gasteiger partial charge on any atom is 0.323 e. The minimum atomic E-state index is -1.75. The number of hydrogen-bond acceptors (Lipinski definition) is 8. The maximum absolute atomic E-state index is 11.6. The van der Waals surface area contributed by atoms with E-state index in [4.69, 9.17) is 9.26 Å². The van der Waals surface area contributed by atoms with Gasteiger partial charge in [-0.15, -0.1) is 0 Å². The van der Waals surface area contributed by atoms with E-state index in [2.05, 4.69) is 16.2 Å². The molecule has 0 amide bonds. The third-order valence-corrected chi connectivity index (χ3v) is 6.82. The molecular weight excluding hydrogens is 464 g/mol. The average Bonchev–Trinajstić information content (AvgIpc) is 3.46. The van der Waals surface area contributed by atoms with Gasteiger partial charge in [0.15, 0.2) is 5.41 Å². The predicted octanol–water partition coefficient (Wildman–Crippen LogP) is 3.52. The molecule has 10 nitrogen and oxygen atoms in total. The first-order valence-corrected chi connectivity index (χ1v) is 11.6. The highest BCUT2D eigenvalue weighted by molar-refractivity contribution is 6.00. The van der Waals surface area contributed by atoms with Gasteiger partial charge in [-0.05, 0) is 56.0 Å². The summed E-state index contributed by atoms with van der Waals surface area (Å²) in [5, 5.41) is 32.5. The summed E-state index contributed by atoms with van der Waals surface area (Å²) in [5.74, 6) is -1.43. The van der Waals surface area contributed by atoms with E-state index in [0.29, 0.717) is 22.7 Å². The zero-order valence-electron chi connectivity index (χ0n) is 19.8. The first-order chi connectivity index (χ1) is 17.2. The van der Waals surface area contributed by atoms with Crippen LogP contribution in [0.3, 0.4) is 0 Å². The molecule has 2 heterocycles. The van der Waals surface area contributed by atoms with Crippen LogP contribution in [0.25, 0.3) is 22.8 Å². The Kier molecular flexibility index (Phi) is 5.73. The highest BCUT2D eigenvalue weighted by Gasteiger charge is 2.58. The van der Waals surface area contributed by atoms with Crippen molar-refractivity contribution in [3.63, 3.8) is 0 Å². The number of carboxylic acids is 2. The molecule has 2 aromatic carbocycles. The van der Waals surface area contributed by atoms with E-state index in [1.807, 2.05) is 36.9 Å². The van der Waals surface area contributed by atoms with Gasteiger partial charge in [0, 0.05) is 30.3 Å². The van der Waals surface area contributed by atoms with Crippen LogP contribution in [0.1, 0.15) is 43.0 Å². The number of carbonyl (C=O) groups is 2. The fourth-order valence-electron chi connectivity index (χ4n) is 5.01. The van der Waals surface area contributed by atoms with Crippen LogP contribution in [-0.2, 0) is 16.0 Å². The Morgan fingerprint density at radius 2 is 1.97 bits per heavy atom. The Balaban J connectivity index is 1.40. The van der Waals surface area contributed by atoms with Crippen molar-refractivity contribution in [2.45, 2.75) is 38.8 Å². The molecule has 10 heteroatoms. The topological polar surface area (TPSA) is 150 Å². The number of ether oxygens (including phenoxy) is 1. The van der Waals surface area contributed by atoms with Gasteiger partial charge in [0.05, 0.1) is 11.7 Å². The number of aromatic nitrogens is 2. The van der Waals surface area contributed by atoms with E-state index >= 15 is 0 Å². The van der Waals surface area contributed by atoms with Crippen LogP contribution < -0.4 is 4.74 Å². The van der Waals surface area contributed by atoms with E-state index in [-0.39, 0.29) is 31.1 Å². The van der Waals surface area contributed by atoms with Gasteiger partial charge in [0.25, 0.3) is 5.89 Å². The van der Waals surface area contributed by atoms with Gasteiger partial charge in [-0.25, -0.2) is 0 Å². The lowest BCUT2D eigenvalue weighted by atomic mass is 9.78. The van der Waals surface area contributed by atoms with Crippen molar-refractivity contribution in [2.75, 3.05) is 13.1 Å². The van der Waals surface area contributed by atoms with Gasteiger partial charge in [0.2, 0.25) is 5.82 Å². The van der Waals surface area contributed by atoms with Crippen molar-refractivity contribution in [3.8, 4) is 34.7 Å². The third-order valence-electron chi connectivity index (χ3n) is 6.82. The molecule has 3 aromatic rings. The Hall–Kier alpha value is -4.23. The monoisotopic (exact) mass is 488 g/mol. The first-order valence-electron chi connectivity index (χ1n) is 11.6. The second-order valence-corrected chi connectivity index (χ2v) is 9.44. The van der Waals surface area contributed by atoms with Crippen LogP contribution in [0.2, 0.25) is 0 Å². The summed E-state index contributed by atoms with van der Waals surface area (Å²) < 4.78 is 11.2. The van der Waals surface area contributed by atoms with Crippen LogP contribution >= 0.6 is 0 Å². The summed E-state index contributed by atoms with van der Waals surface area (Å²) in [6.45, 7) is 3.71. The summed E-state index contributed by atoms with van der Waals surface area (Å²) >= 11 is 0.